The van der Waals surface area contributed by atoms with Crippen LogP contribution in [0.2, 0.25) is 0 Å². The number of hydrogen-bond donors (Lipinski definition) is 1. The average molecular weight is 228 g/mol. The van der Waals surface area contributed by atoms with Crippen molar-refractivity contribution in [2.75, 3.05) is 33.4 Å². The van der Waals surface area contributed by atoms with E-state index in [9.17, 15) is 0 Å². The molecule has 0 aromatic carbocycles. The van der Waals surface area contributed by atoms with Crippen LogP contribution in [-0.4, -0.2) is 44.3 Å². The Hall–Kier alpha value is -0.120. The number of methoxy groups -OCH3 is 1. The van der Waals surface area contributed by atoms with E-state index in [1.54, 1.807) is 7.11 Å². The molecule has 3 nitrogen and oxygen atoms in total. The Bertz CT molecular complexity index is 193. The number of rotatable bonds is 4. The summed E-state index contributed by atoms with van der Waals surface area (Å²) in [5.74, 6) is 0.750. The number of likely N-dealkylation sites (tertiary alicyclic amines) is 1. The molecule has 1 rings (SSSR count). The van der Waals surface area contributed by atoms with E-state index < -0.39 is 0 Å². The summed E-state index contributed by atoms with van der Waals surface area (Å²) in [5, 5.41) is 0. The minimum atomic E-state index is 0.281. The summed E-state index contributed by atoms with van der Waals surface area (Å²) in [7, 11) is 1.80. The Labute approximate surface area is 100 Å². The molecule has 0 aromatic rings. The van der Waals surface area contributed by atoms with Crippen LogP contribution in [0.1, 0.15) is 33.6 Å². The van der Waals surface area contributed by atoms with E-state index in [4.69, 9.17) is 10.5 Å². The minimum absolute atomic E-state index is 0.281. The topological polar surface area (TPSA) is 38.5 Å². The van der Waals surface area contributed by atoms with E-state index in [-0.39, 0.29) is 5.41 Å². The predicted octanol–water partition coefficient (Wildman–Crippen LogP) is 1.72. The first-order valence-electron chi connectivity index (χ1n) is 6.42. The van der Waals surface area contributed by atoms with Gasteiger partial charge >= 0.3 is 0 Å². The van der Waals surface area contributed by atoms with Crippen LogP contribution >= 0.6 is 0 Å². The van der Waals surface area contributed by atoms with Crippen LogP contribution in [0.25, 0.3) is 0 Å². The van der Waals surface area contributed by atoms with Gasteiger partial charge in [0.25, 0.3) is 0 Å². The minimum Gasteiger partial charge on any atom is -0.384 e. The van der Waals surface area contributed by atoms with Crippen molar-refractivity contribution < 1.29 is 4.74 Å². The zero-order chi connectivity index (χ0) is 12.2. The molecule has 1 heterocycles. The Balaban J connectivity index is 2.45. The molecule has 1 aliphatic heterocycles. The van der Waals surface area contributed by atoms with Crippen molar-refractivity contribution in [1.82, 2.24) is 4.90 Å². The van der Waals surface area contributed by atoms with E-state index in [1.807, 2.05) is 0 Å². The van der Waals surface area contributed by atoms with Gasteiger partial charge in [-0.1, -0.05) is 20.8 Å². The van der Waals surface area contributed by atoms with Gasteiger partial charge in [0.2, 0.25) is 0 Å². The molecule has 0 amide bonds. The maximum absolute atomic E-state index is 5.92. The van der Waals surface area contributed by atoms with Crippen molar-refractivity contribution in [3.63, 3.8) is 0 Å². The van der Waals surface area contributed by atoms with E-state index in [2.05, 4.69) is 25.7 Å². The van der Waals surface area contributed by atoms with E-state index in [1.165, 1.54) is 25.9 Å². The maximum Gasteiger partial charge on any atom is 0.0491 e. The Morgan fingerprint density at radius 1 is 1.31 bits per heavy atom. The van der Waals surface area contributed by atoms with Crippen molar-refractivity contribution in [2.45, 2.75) is 39.7 Å². The second-order valence-electron chi connectivity index (χ2n) is 6.05. The van der Waals surface area contributed by atoms with Crippen molar-refractivity contribution in [2.24, 2.45) is 17.1 Å². The highest BCUT2D eigenvalue weighted by molar-refractivity contribution is 4.86. The lowest BCUT2D eigenvalue weighted by Crippen LogP contribution is -2.51. The first-order valence-corrected chi connectivity index (χ1v) is 6.42. The molecule has 1 saturated heterocycles. The van der Waals surface area contributed by atoms with Gasteiger partial charge in [-0.25, -0.2) is 0 Å². The SMILES string of the molecule is COCC1CCN(C(CN)C(C)(C)C)CC1. The van der Waals surface area contributed by atoms with Crippen LogP contribution < -0.4 is 5.73 Å². The van der Waals surface area contributed by atoms with Gasteiger partial charge in [0.15, 0.2) is 0 Å². The van der Waals surface area contributed by atoms with Crippen LogP contribution in [-0.2, 0) is 4.74 Å². The molecule has 0 aromatic heterocycles. The van der Waals surface area contributed by atoms with Crippen molar-refractivity contribution >= 4 is 0 Å². The normalized spacial score (nSPS) is 22.3. The first kappa shape index (κ1) is 13.9. The van der Waals surface area contributed by atoms with E-state index in [0.29, 0.717) is 6.04 Å². The fraction of sp³-hybridized carbons (Fsp3) is 1.00. The van der Waals surface area contributed by atoms with Crippen molar-refractivity contribution in [1.29, 1.82) is 0 Å². The van der Waals surface area contributed by atoms with Gasteiger partial charge in [-0.2, -0.15) is 0 Å². The summed E-state index contributed by atoms with van der Waals surface area (Å²) < 4.78 is 5.23. The summed E-state index contributed by atoms with van der Waals surface area (Å²) in [6.45, 7) is 10.9. The van der Waals surface area contributed by atoms with Gasteiger partial charge in [-0.05, 0) is 37.3 Å². The highest BCUT2D eigenvalue weighted by atomic mass is 16.5. The lowest BCUT2D eigenvalue weighted by Gasteiger charge is -2.43. The second-order valence-corrected chi connectivity index (χ2v) is 6.05. The summed E-state index contributed by atoms with van der Waals surface area (Å²) in [5.41, 5.74) is 6.20. The fourth-order valence-corrected chi connectivity index (χ4v) is 2.72. The lowest BCUT2D eigenvalue weighted by molar-refractivity contribution is 0.0458. The Morgan fingerprint density at radius 3 is 2.25 bits per heavy atom. The monoisotopic (exact) mass is 228 g/mol. The van der Waals surface area contributed by atoms with Crippen LogP contribution in [0.15, 0.2) is 0 Å². The molecule has 0 radical (unpaired) electrons. The summed E-state index contributed by atoms with van der Waals surface area (Å²) in [6, 6.07) is 0.510. The fourth-order valence-electron chi connectivity index (χ4n) is 2.72. The molecule has 16 heavy (non-hydrogen) atoms. The van der Waals surface area contributed by atoms with Crippen LogP contribution in [0, 0.1) is 11.3 Å². The molecule has 0 saturated carbocycles. The molecule has 2 N–H and O–H groups in total. The van der Waals surface area contributed by atoms with Crippen LogP contribution in [0.4, 0.5) is 0 Å². The van der Waals surface area contributed by atoms with Gasteiger partial charge in [0, 0.05) is 26.3 Å². The molecule has 1 fully saturated rings. The number of piperidine rings is 1. The van der Waals surface area contributed by atoms with Gasteiger partial charge in [0.1, 0.15) is 0 Å². The van der Waals surface area contributed by atoms with Gasteiger partial charge < -0.3 is 10.5 Å². The van der Waals surface area contributed by atoms with Gasteiger partial charge in [0.05, 0.1) is 0 Å². The van der Waals surface area contributed by atoms with Crippen molar-refractivity contribution in [3.8, 4) is 0 Å². The molecule has 1 atom stereocenters. The summed E-state index contributed by atoms with van der Waals surface area (Å²) in [6.07, 6.45) is 2.50. The first-order chi connectivity index (χ1) is 7.49. The number of ether oxygens (including phenoxy) is 1. The maximum atomic E-state index is 5.92. The van der Waals surface area contributed by atoms with Crippen LogP contribution in [0.5, 0.6) is 0 Å². The van der Waals surface area contributed by atoms with Gasteiger partial charge in [-0.15, -0.1) is 0 Å². The molecule has 1 unspecified atom stereocenters. The molecule has 3 heteroatoms. The van der Waals surface area contributed by atoms with Crippen molar-refractivity contribution in [3.05, 3.63) is 0 Å². The molecule has 96 valence electrons. The third kappa shape index (κ3) is 3.72. The predicted molar refractivity (Wildman–Crippen MR) is 68.5 cm³/mol. The van der Waals surface area contributed by atoms with E-state index in [0.717, 1.165) is 19.1 Å². The number of nitrogens with zero attached hydrogens (tertiary/aromatic N) is 1. The molecular formula is C13H28N2O. The third-order valence-electron chi connectivity index (χ3n) is 3.72. The Kier molecular flexibility index (Phi) is 5.22. The molecular weight excluding hydrogens is 200 g/mol. The zero-order valence-corrected chi connectivity index (χ0v) is 11.3. The summed E-state index contributed by atoms with van der Waals surface area (Å²) in [4.78, 5) is 2.56. The second kappa shape index (κ2) is 5.99. The molecule has 0 aliphatic carbocycles. The number of hydrogen-bond acceptors (Lipinski definition) is 3. The average Bonchev–Trinajstić information content (AvgIpc) is 2.20. The highest BCUT2D eigenvalue weighted by Crippen LogP contribution is 2.27. The molecule has 1 aliphatic rings. The lowest BCUT2D eigenvalue weighted by atomic mass is 9.84. The molecule has 0 spiro atoms. The smallest absolute Gasteiger partial charge is 0.0491 e. The van der Waals surface area contributed by atoms with Crippen LogP contribution in [0.3, 0.4) is 0 Å². The Morgan fingerprint density at radius 2 is 1.88 bits per heavy atom. The quantitative estimate of drug-likeness (QED) is 0.796. The summed E-state index contributed by atoms with van der Waals surface area (Å²) >= 11 is 0. The molecule has 0 bridgehead atoms. The standard InChI is InChI=1S/C13H28N2O/c1-13(2,3)12(9-14)15-7-5-11(6-8-15)10-16-4/h11-12H,5-10,14H2,1-4H3. The third-order valence-corrected chi connectivity index (χ3v) is 3.72. The highest BCUT2D eigenvalue weighted by Gasteiger charge is 2.31. The van der Waals surface area contributed by atoms with Gasteiger partial charge in [-0.3, -0.25) is 4.90 Å². The number of nitrogens with two attached hydrogens (primary N) is 1. The largest absolute Gasteiger partial charge is 0.384 e. The van der Waals surface area contributed by atoms with E-state index >= 15 is 0 Å². The zero-order valence-electron chi connectivity index (χ0n) is 11.3.